The maximum atomic E-state index is 4.25. The summed E-state index contributed by atoms with van der Waals surface area (Å²) in [6, 6.07) is 0. The second kappa shape index (κ2) is 4.28. The average molecular weight is 288 g/mol. The Hall–Kier alpha value is -0.950. The van der Waals surface area contributed by atoms with Gasteiger partial charge < -0.3 is 9.47 Å². The number of rotatable bonds is 3. The minimum absolute atomic E-state index is 0.727. The zero-order chi connectivity index (χ0) is 10.8. The number of hydrogen-bond acceptors (Lipinski definition) is 5. The molecule has 2 heterocycles. The second-order valence-corrected chi connectivity index (χ2v) is 5.38. The highest BCUT2D eigenvalue weighted by Crippen LogP contribution is 2.23. The summed E-state index contributed by atoms with van der Waals surface area (Å²) in [6.07, 6.45) is 3.72. The maximum absolute atomic E-state index is 4.25. The fourth-order valence-electron chi connectivity index (χ4n) is 1.18. The first-order valence-corrected chi connectivity index (χ1v) is 5.94. The third-order valence-electron chi connectivity index (χ3n) is 2.02. The van der Waals surface area contributed by atoms with E-state index in [1.165, 1.54) is 11.3 Å². The summed E-state index contributed by atoms with van der Waals surface area (Å²) in [7, 11) is 3.95. The Balaban J connectivity index is 2.10. The molecule has 0 aliphatic carbocycles. The van der Waals surface area contributed by atoms with E-state index in [4.69, 9.17) is 0 Å². The van der Waals surface area contributed by atoms with E-state index in [1.807, 2.05) is 29.8 Å². The number of hydrogen-bond donors (Lipinski definition) is 0. The van der Waals surface area contributed by atoms with Gasteiger partial charge in [0.1, 0.15) is 5.82 Å². The number of imidazole rings is 1. The summed E-state index contributed by atoms with van der Waals surface area (Å²) in [5.74, 6) is 1.00. The van der Waals surface area contributed by atoms with Gasteiger partial charge in [0.25, 0.3) is 0 Å². The Morgan fingerprint density at radius 3 is 2.87 bits per heavy atom. The summed E-state index contributed by atoms with van der Waals surface area (Å²) < 4.78 is 2.79. The Labute approximate surface area is 99.9 Å². The van der Waals surface area contributed by atoms with Crippen LogP contribution in [0, 0.1) is 0 Å². The summed E-state index contributed by atoms with van der Waals surface area (Å²) in [5.41, 5.74) is 0. The molecule has 80 valence electrons. The molecule has 2 aromatic heterocycles. The molecule has 0 fully saturated rings. The summed E-state index contributed by atoms with van der Waals surface area (Å²) in [6.45, 7) is 0.727. The van der Waals surface area contributed by atoms with Crippen molar-refractivity contribution in [1.82, 2.24) is 19.7 Å². The van der Waals surface area contributed by atoms with E-state index in [0.29, 0.717) is 0 Å². The van der Waals surface area contributed by atoms with Crippen molar-refractivity contribution in [1.29, 1.82) is 0 Å². The lowest BCUT2D eigenvalue weighted by molar-refractivity contribution is 0.756. The monoisotopic (exact) mass is 287 g/mol. The van der Waals surface area contributed by atoms with Crippen LogP contribution >= 0.6 is 27.3 Å². The van der Waals surface area contributed by atoms with Crippen LogP contribution in [0.2, 0.25) is 0 Å². The lowest BCUT2D eigenvalue weighted by atomic mass is 10.5. The van der Waals surface area contributed by atoms with Gasteiger partial charge >= 0.3 is 0 Å². The molecule has 0 aliphatic rings. The highest BCUT2D eigenvalue weighted by atomic mass is 79.9. The Bertz CT molecular complexity index is 451. The molecular weight excluding hydrogens is 278 g/mol. The van der Waals surface area contributed by atoms with E-state index >= 15 is 0 Å². The molecule has 5 nitrogen and oxygen atoms in total. The van der Waals surface area contributed by atoms with Crippen LogP contribution in [-0.2, 0) is 13.6 Å². The summed E-state index contributed by atoms with van der Waals surface area (Å²) >= 11 is 4.80. The van der Waals surface area contributed by atoms with Gasteiger partial charge in [-0.05, 0) is 15.9 Å². The molecular formula is C8H10BrN5S. The van der Waals surface area contributed by atoms with Gasteiger partial charge in [-0.1, -0.05) is 11.3 Å². The number of aryl methyl sites for hydroxylation is 1. The molecule has 7 heteroatoms. The predicted octanol–water partition coefficient (Wildman–Crippen LogP) is 1.67. The van der Waals surface area contributed by atoms with Gasteiger partial charge in [0.2, 0.25) is 5.13 Å². The SMILES string of the molecule is CN(Cc1nccn1C)c1nnc(Br)s1. The number of anilines is 1. The van der Waals surface area contributed by atoms with Crippen molar-refractivity contribution in [2.75, 3.05) is 11.9 Å². The molecule has 0 aliphatic heterocycles. The van der Waals surface area contributed by atoms with Crippen molar-refractivity contribution in [2.24, 2.45) is 7.05 Å². The van der Waals surface area contributed by atoms with Crippen LogP contribution in [0.25, 0.3) is 0 Å². The maximum Gasteiger partial charge on any atom is 0.209 e. The molecule has 2 aromatic rings. The van der Waals surface area contributed by atoms with Gasteiger partial charge in [-0.3, -0.25) is 0 Å². The first-order chi connectivity index (χ1) is 7.16. The van der Waals surface area contributed by atoms with Crippen molar-refractivity contribution in [3.8, 4) is 0 Å². The van der Waals surface area contributed by atoms with Crippen molar-refractivity contribution >= 4 is 32.4 Å². The van der Waals surface area contributed by atoms with E-state index in [2.05, 4.69) is 31.1 Å². The molecule has 2 rings (SSSR count). The first kappa shape index (κ1) is 10.6. The smallest absolute Gasteiger partial charge is 0.209 e. The van der Waals surface area contributed by atoms with Crippen LogP contribution in [0.15, 0.2) is 16.3 Å². The molecule has 0 amide bonds. The van der Waals surface area contributed by atoms with Gasteiger partial charge in [0.05, 0.1) is 6.54 Å². The van der Waals surface area contributed by atoms with Crippen LogP contribution in [0.3, 0.4) is 0 Å². The van der Waals surface area contributed by atoms with Crippen molar-refractivity contribution in [2.45, 2.75) is 6.54 Å². The topological polar surface area (TPSA) is 46.8 Å². The molecule has 0 saturated heterocycles. The van der Waals surface area contributed by atoms with Crippen LogP contribution in [0.4, 0.5) is 5.13 Å². The van der Waals surface area contributed by atoms with Crippen LogP contribution in [-0.4, -0.2) is 26.8 Å². The average Bonchev–Trinajstić information content (AvgIpc) is 2.77. The van der Waals surface area contributed by atoms with Crippen LogP contribution in [0.1, 0.15) is 5.82 Å². The Kier molecular flexibility index (Phi) is 3.01. The van der Waals surface area contributed by atoms with Crippen molar-refractivity contribution in [3.05, 3.63) is 22.1 Å². The molecule has 0 bridgehead atoms. The second-order valence-electron chi connectivity index (χ2n) is 3.15. The van der Waals surface area contributed by atoms with Gasteiger partial charge in [0, 0.05) is 26.5 Å². The minimum Gasteiger partial charge on any atom is -0.342 e. The van der Waals surface area contributed by atoms with E-state index in [0.717, 1.165) is 21.4 Å². The third kappa shape index (κ3) is 2.35. The van der Waals surface area contributed by atoms with Crippen molar-refractivity contribution in [3.63, 3.8) is 0 Å². The predicted molar refractivity (Wildman–Crippen MR) is 62.9 cm³/mol. The largest absolute Gasteiger partial charge is 0.342 e. The first-order valence-electron chi connectivity index (χ1n) is 4.33. The molecule has 15 heavy (non-hydrogen) atoms. The quantitative estimate of drug-likeness (QED) is 0.862. The molecule has 0 unspecified atom stereocenters. The number of halogens is 1. The molecule has 0 radical (unpaired) electrons. The lowest BCUT2D eigenvalue weighted by Gasteiger charge is -2.14. The number of nitrogens with zero attached hydrogens (tertiary/aromatic N) is 5. The molecule has 0 N–H and O–H groups in total. The highest BCUT2D eigenvalue weighted by Gasteiger charge is 2.09. The zero-order valence-electron chi connectivity index (χ0n) is 8.38. The Morgan fingerprint density at radius 1 is 1.53 bits per heavy atom. The fraction of sp³-hybridized carbons (Fsp3) is 0.375. The molecule has 0 atom stereocenters. The van der Waals surface area contributed by atoms with Gasteiger partial charge in [-0.15, -0.1) is 10.2 Å². The fourth-order valence-corrected chi connectivity index (χ4v) is 2.23. The van der Waals surface area contributed by atoms with E-state index < -0.39 is 0 Å². The third-order valence-corrected chi connectivity index (χ3v) is 3.49. The zero-order valence-corrected chi connectivity index (χ0v) is 10.8. The molecule has 0 saturated carbocycles. The highest BCUT2D eigenvalue weighted by molar-refractivity contribution is 9.11. The van der Waals surface area contributed by atoms with Crippen molar-refractivity contribution < 1.29 is 0 Å². The van der Waals surface area contributed by atoms with Gasteiger partial charge in [-0.2, -0.15) is 0 Å². The molecule has 0 spiro atoms. The van der Waals surface area contributed by atoms with E-state index in [-0.39, 0.29) is 0 Å². The summed E-state index contributed by atoms with van der Waals surface area (Å²) in [4.78, 5) is 6.27. The van der Waals surface area contributed by atoms with Crippen LogP contribution < -0.4 is 4.90 Å². The number of aromatic nitrogens is 4. The minimum atomic E-state index is 0.727. The lowest BCUT2D eigenvalue weighted by Crippen LogP contribution is -2.18. The molecule has 0 aromatic carbocycles. The summed E-state index contributed by atoms with van der Waals surface area (Å²) in [5, 5.41) is 8.82. The van der Waals surface area contributed by atoms with E-state index in [9.17, 15) is 0 Å². The normalized spacial score (nSPS) is 10.6. The standard InChI is InChI=1S/C8H10BrN5S/c1-13-4-3-10-6(13)5-14(2)8-12-11-7(9)15-8/h3-4H,5H2,1-2H3. The van der Waals surface area contributed by atoms with Crippen LogP contribution in [0.5, 0.6) is 0 Å². The van der Waals surface area contributed by atoms with E-state index in [1.54, 1.807) is 6.20 Å². The Morgan fingerprint density at radius 2 is 2.33 bits per heavy atom. The van der Waals surface area contributed by atoms with Gasteiger partial charge in [-0.25, -0.2) is 4.98 Å². The van der Waals surface area contributed by atoms with Gasteiger partial charge in [0.15, 0.2) is 3.92 Å².